The number of hydrogen-bond acceptors (Lipinski definition) is 5. The second-order valence-corrected chi connectivity index (χ2v) is 6.24. The summed E-state index contributed by atoms with van der Waals surface area (Å²) in [7, 11) is 3.41. The van der Waals surface area contributed by atoms with Crippen LogP contribution in [0.3, 0.4) is 0 Å². The molecule has 1 aliphatic rings. The summed E-state index contributed by atoms with van der Waals surface area (Å²) in [6, 6.07) is 3.97. The van der Waals surface area contributed by atoms with Gasteiger partial charge in [-0.05, 0) is 18.1 Å². The number of nitrogens with one attached hydrogen (secondary N) is 2. The highest BCUT2D eigenvalue weighted by atomic mass is 127. The highest BCUT2D eigenvalue weighted by Crippen LogP contribution is 2.13. The number of fused-ring (bicyclic) bond motifs is 1. The lowest BCUT2D eigenvalue weighted by molar-refractivity contribution is 0.177. The van der Waals surface area contributed by atoms with Crippen LogP contribution in [0.1, 0.15) is 23.6 Å². The molecule has 1 atom stereocenters. The normalized spacial score (nSPS) is 16.6. The van der Waals surface area contributed by atoms with Crippen molar-refractivity contribution in [1.29, 1.82) is 0 Å². The number of guanidine groups is 1. The molecule has 26 heavy (non-hydrogen) atoms. The van der Waals surface area contributed by atoms with Crippen molar-refractivity contribution >= 4 is 41.5 Å². The van der Waals surface area contributed by atoms with Crippen molar-refractivity contribution in [3.63, 3.8) is 0 Å². The van der Waals surface area contributed by atoms with Crippen LogP contribution in [0.25, 0.3) is 0 Å². The molecule has 0 saturated heterocycles. The molecule has 3 heterocycles. The Labute approximate surface area is 174 Å². The number of aromatic nitrogens is 4. The van der Waals surface area contributed by atoms with E-state index in [1.54, 1.807) is 26.4 Å². The molecule has 2 N–H and O–H groups in total. The fourth-order valence-electron chi connectivity index (χ4n) is 2.75. The fourth-order valence-corrected chi connectivity index (χ4v) is 2.87. The minimum absolute atomic E-state index is 0. The van der Waals surface area contributed by atoms with Crippen molar-refractivity contribution in [3.8, 4) is 0 Å². The van der Waals surface area contributed by atoms with Crippen LogP contribution in [0.2, 0.25) is 5.15 Å². The summed E-state index contributed by atoms with van der Waals surface area (Å²) in [5.41, 5.74) is 1.04. The van der Waals surface area contributed by atoms with Gasteiger partial charge in [-0.1, -0.05) is 17.7 Å². The Morgan fingerprint density at radius 1 is 1.46 bits per heavy atom. The van der Waals surface area contributed by atoms with Gasteiger partial charge in [-0.15, -0.1) is 24.0 Å². The van der Waals surface area contributed by atoms with E-state index in [-0.39, 0.29) is 30.0 Å². The van der Waals surface area contributed by atoms with Gasteiger partial charge in [0.2, 0.25) is 0 Å². The van der Waals surface area contributed by atoms with Gasteiger partial charge in [0.05, 0.1) is 6.54 Å². The number of nitrogens with zero attached hydrogens (tertiary/aromatic N) is 5. The molecule has 1 unspecified atom stereocenters. The van der Waals surface area contributed by atoms with Crippen LogP contribution in [-0.4, -0.2) is 45.9 Å². The molecular formula is C16H23ClIN7O. The second-order valence-electron chi connectivity index (χ2n) is 5.85. The predicted octanol–water partition coefficient (Wildman–Crippen LogP) is 1.77. The number of rotatable bonds is 5. The van der Waals surface area contributed by atoms with Gasteiger partial charge in [0, 0.05) is 39.4 Å². The van der Waals surface area contributed by atoms with E-state index < -0.39 is 0 Å². The molecule has 0 aliphatic carbocycles. The molecule has 2 aromatic rings. The van der Waals surface area contributed by atoms with Gasteiger partial charge >= 0.3 is 0 Å². The first kappa shape index (κ1) is 20.8. The highest BCUT2D eigenvalue weighted by molar-refractivity contribution is 14.0. The average molecular weight is 492 g/mol. The van der Waals surface area contributed by atoms with Crippen molar-refractivity contribution < 1.29 is 4.74 Å². The molecule has 0 bridgehead atoms. The van der Waals surface area contributed by atoms with E-state index in [0.29, 0.717) is 18.3 Å². The number of methoxy groups -OCH3 is 1. The average Bonchev–Trinajstić information content (AvgIpc) is 3.02. The number of aliphatic imine (C=N–C) groups is 1. The van der Waals surface area contributed by atoms with E-state index in [4.69, 9.17) is 16.3 Å². The summed E-state index contributed by atoms with van der Waals surface area (Å²) in [4.78, 5) is 12.9. The third-order valence-corrected chi connectivity index (χ3v) is 4.21. The van der Waals surface area contributed by atoms with Crippen LogP contribution in [0.4, 0.5) is 0 Å². The molecule has 0 amide bonds. The van der Waals surface area contributed by atoms with Gasteiger partial charge in [0.1, 0.15) is 17.6 Å². The van der Waals surface area contributed by atoms with Crippen molar-refractivity contribution in [1.82, 2.24) is 30.4 Å². The predicted molar refractivity (Wildman–Crippen MR) is 111 cm³/mol. The number of halogens is 2. The lowest BCUT2D eigenvalue weighted by atomic mass is 10.1. The van der Waals surface area contributed by atoms with Gasteiger partial charge in [0.15, 0.2) is 11.8 Å². The van der Waals surface area contributed by atoms with Crippen molar-refractivity contribution in [2.24, 2.45) is 4.99 Å². The first-order chi connectivity index (χ1) is 12.2. The Bertz CT molecular complexity index is 735. The first-order valence-corrected chi connectivity index (χ1v) is 8.55. The molecule has 10 heteroatoms. The zero-order chi connectivity index (χ0) is 17.6. The number of pyridine rings is 1. The topological polar surface area (TPSA) is 89.2 Å². The summed E-state index contributed by atoms with van der Waals surface area (Å²) >= 11 is 5.80. The lowest BCUT2D eigenvalue weighted by Gasteiger charge is -2.25. The Morgan fingerprint density at radius 2 is 2.31 bits per heavy atom. The van der Waals surface area contributed by atoms with Crippen molar-refractivity contribution in [3.05, 3.63) is 40.7 Å². The van der Waals surface area contributed by atoms with E-state index in [1.165, 1.54) is 0 Å². The van der Waals surface area contributed by atoms with Crippen LogP contribution >= 0.6 is 35.6 Å². The van der Waals surface area contributed by atoms with Gasteiger partial charge in [0.25, 0.3) is 0 Å². The number of aryl methyl sites for hydroxylation is 1. The quantitative estimate of drug-likeness (QED) is 0.287. The fraction of sp³-hybridized carbons (Fsp3) is 0.500. The van der Waals surface area contributed by atoms with Gasteiger partial charge in [-0.25, -0.2) is 14.6 Å². The van der Waals surface area contributed by atoms with Gasteiger partial charge in [-0.2, -0.15) is 5.10 Å². The molecule has 8 nitrogen and oxygen atoms in total. The summed E-state index contributed by atoms with van der Waals surface area (Å²) in [6.07, 6.45) is 3.61. The van der Waals surface area contributed by atoms with Crippen LogP contribution in [-0.2, 0) is 30.9 Å². The van der Waals surface area contributed by atoms with E-state index in [9.17, 15) is 0 Å². The Morgan fingerprint density at radius 3 is 3.00 bits per heavy atom. The maximum absolute atomic E-state index is 5.80. The zero-order valence-corrected chi connectivity index (χ0v) is 17.9. The molecule has 0 saturated carbocycles. The van der Waals surface area contributed by atoms with E-state index in [0.717, 1.165) is 42.6 Å². The Kier molecular flexibility index (Phi) is 8.04. The molecule has 0 spiro atoms. The highest BCUT2D eigenvalue weighted by Gasteiger charge is 2.22. The first-order valence-electron chi connectivity index (χ1n) is 8.17. The van der Waals surface area contributed by atoms with E-state index >= 15 is 0 Å². The molecular weight excluding hydrogens is 469 g/mol. The van der Waals surface area contributed by atoms with Crippen LogP contribution < -0.4 is 10.6 Å². The molecule has 1 aliphatic heterocycles. The maximum atomic E-state index is 5.80. The van der Waals surface area contributed by atoms with Crippen molar-refractivity contribution in [2.45, 2.75) is 38.6 Å². The molecule has 0 radical (unpaired) electrons. The Balaban J connectivity index is 0.00000243. The monoisotopic (exact) mass is 491 g/mol. The largest absolute Gasteiger partial charge is 0.377 e. The van der Waals surface area contributed by atoms with Gasteiger partial charge in [-0.3, -0.25) is 4.99 Å². The maximum Gasteiger partial charge on any atom is 0.191 e. The van der Waals surface area contributed by atoms with E-state index in [1.807, 2.05) is 10.7 Å². The summed E-state index contributed by atoms with van der Waals surface area (Å²) < 4.78 is 7.05. The standard InChI is InChI=1S/C16H22ClN7O.HI/c1-18-16(20-8-11-3-5-13(17)19-7-11)21-12-4-6-15-22-14(10-25-2)23-24(15)9-12;/h3,5,7,12H,4,6,8-10H2,1-2H3,(H2,18,20,21);1H. The molecule has 2 aromatic heterocycles. The van der Waals surface area contributed by atoms with Crippen molar-refractivity contribution in [2.75, 3.05) is 14.2 Å². The smallest absolute Gasteiger partial charge is 0.191 e. The van der Waals surface area contributed by atoms with Crippen LogP contribution in [0, 0.1) is 0 Å². The second kappa shape index (κ2) is 10.0. The van der Waals surface area contributed by atoms with Crippen LogP contribution in [0.5, 0.6) is 0 Å². The third kappa shape index (κ3) is 5.52. The summed E-state index contributed by atoms with van der Waals surface area (Å²) in [5.74, 6) is 2.50. The number of hydrogen-bond donors (Lipinski definition) is 2. The SMILES string of the molecule is CN=C(NCc1ccc(Cl)nc1)NC1CCc2nc(COC)nn2C1.I. The molecule has 3 rings (SSSR count). The Hall–Kier alpha value is -1.46. The summed E-state index contributed by atoms with van der Waals surface area (Å²) in [5, 5.41) is 11.7. The molecule has 0 fully saturated rings. The summed E-state index contributed by atoms with van der Waals surface area (Å²) in [6.45, 7) is 1.83. The van der Waals surface area contributed by atoms with Gasteiger partial charge < -0.3 is 15.4 Å². The van der Waals surface area contributed by atoms with E-state index in [2.05, 4.69) is 30.7 Å². The lowest BCUT2D eigenvalue weighted by Crippen LogP contribution is -2.46. The molecule has 142 valence electrons. The van der Waals surface area contributed by atoms with Crippen LogP contribution in [0.15, 0.2) is 23.3 Å². The third-order valence-electron chi connectivity index (χ3n) is 3.99. The molecule has 0 aromatic carbocycles. The minimum Gasteiger partial charge on any atom is -0.377 e. The number of ether oxygens (including phenoxy) is 1. The zero-order valence-electron chi connectivity index (χ0n) is 14.8. The minimum atomic E-state index is 0.